The molecule has 7 heteroatoms. The molecular formula is C7H9ClN4O2. The van der Waals surface area contributed by atoms with Gasteiger partial charge in [-0.3, -0.25) is 14.3 Å². The van der Waals surface area contributed by atoms with Crippen molar-refractivity contribution in [2.45, 2.75) is 0 Å². The molecule has 1 aromatic heterocycles. The first-order valence-electron chi connectivity index (χ1n) is 3.76. The minimum Gasteiger partial charge on any atom is -0.368 e. The molecule has 0 aromatic carbocycles. The molecule has 0 aliphatic rings. The van der Waals surface area contributed by atoms with Crippen molar-refractivity contribution in [3.05, 3.63) is 21.4 Å². The summed E-state index contributed by atoms with van der Waals surface area (Å²) in [6.07, 6.45) is 0. The van der Waals surface area contributed by atoms with Crippen LogP contribution in [0.1, 0.15) is 0 Å². The van der Waals surface area contributed by atoms with Crippen LogP contribution in [0.5, 0.6) is 0 Å². The number of hydrogen-bond donors (Lipinski definition) is 2. The molecule has 0 aliphatic carbocycles. The number of hydrogen-bond acceptors (Lipinski definition) is 4. The van der Waals surface area contributed by atoms with Crippen LogP contribution in [0.2, 0.25) is 5.15 Å². The second-order valence-electron chi connectivity index (χ2n) is 2.63. The number of primary amides is 1. The molecule has 0 radical (unpaired) electrons. The van der Waals surface area contributed by atoms with E-state index in [4.69, 9.17) is 17.3 Å². The molecule has 76 valence electrons. The highest BCUT2D eigenvalue weighted by Gasteiger charge is 2.03. The highest BCUT2D eigenvalue weighted by Crippen LogP contribution is 2.02. The van der Waals surface area contributed by atoms with Gasteiger partial charge in [0.05, 0.1) is 6.54 Å². The van der Waals surface area contributed by atoms with Crippen LogP contribution in [0, 0.1) is 0 Å². The number of rotatable bonds is 3. The molecule has 0 atom stereocenters. The third-order valence-electron chi connectivity index (χ3n) is 1.50. The van der Waals surface area contributed by atoms with E-state index in [0.717, 1.165) is 0 Å². The third kappa shape index (κ3) is 2.46. The van der Waals surface area contributed by atoms with E-state index in [1.54, 1.807) is 7.05 Å². The Bertz CT molecular complexity index is 415. The van der Waals surface area contributed by atoms with Gasteiger partial charge in [-0.15, -0.1) is 0 Å². The number of amides is 1. The predicted octanol–water partition coefficient (Wildman–Crippen LogP) is -0.669. The van der Waals surface area contributed by atoms with Crippen molar-refractivity contribution in [3.8, 4) is 0 Å². The van der Waals surface area contributed by atoms with Gasteiger partial charge in [-0.05, 0) is 0 Å². The zero-order valence-electron chi connectivity index (χ0n) is 7.45. The Morgan fingerprint density at radius 2 is 2.43 bits per heavy atom. The number of nitrogens with one attached hydrogen (secondary N) is 1. The summed E-state index contributed by atoms with van der Waals surface area (Å²) in [6.45, 7) is -0.0589. The molecule has 3 N–H and O–H groups in total. The van der Waals surface area contributed by atoms with Gasteiger partial charge in [0.15, 0.2) is 5.15 Å². The smallest absolute Gasteiger partial charge is 0.236 e. The number of carbonyl (C=O) groups excluding carboxylic acids is 1. The van der Waals surface area contributed by atoms with Crippen molar-refractivity contribution in [2.75, 3.05) is 11.9 Å². The summed E-state index contributed by atoms with van der Waals surface area (Å²) in [5.74, 6) is -0.134. The van der Waals surface area contributed by atoms with Gasteiger partial charge in [0.1, 0.15) is 5.82 Å². The summed E-state index contributed by atoms with van der Waals surface area (Å²) in [6, 6.07) is 1.25. The van der Waals surface area contributed by atoms with E-state index in [9.17, 15) is 9.59 Å². The number of aromatic nitrogens is 2. The van der Waals surface area contributed by atoms with E-state index in [2.05, 4.69) is 10.4 Å². The van der Waals surface area contributed by atoms with Crippen LogP contribution < -0.4 is 16.5 Å². The first-order valence-corrected chi connectivity index (χ1v) is 4.14. The Kier molecular flexibility index (Phi) is 3.08. The summed E-state index contributed by atoms with van der Waals surface area (Å²) < 4.78 is 1.35. The molecule has 1 heterocycles. The third-order valence-corrected chi connectivity index (χ3v) is 1.76. The lowest BCUT2D eigenvalue weighted by Crippen LogP contribution is -2.24. The van der Waals surface area contributed by atoms with Crippen LogP contribution >= 0.6 is 11.6 Å². The molecule has 0 bridgehead atoms. The van der Waals surface area contributed by atoms with Gasteiger partial charge in [0, 0.05) is 13.1 Å². The van der Waals surface area contributed by atoms with Crippen molar-refractivity contribution in [1.82, 2.24) is 9.78 Å². The molecule has 6 nitrogen and oxygen atoms in total. The predicted molar refractivity (Wildman–Crippen MR) is 52.2 cm³/mol. The second-order valence-corrected chi connectivity index (χ2v) is 2.99. The summed E-state index contributed by atoms with van der Waals surface area (Å²) >= 11 is 5.48. The fourth-order valence-electron chi connectivity index (χ4n) is 0.855. The second kappa shape index (κ2) is 4.10. The van der Waals surface area contributed by atoms with Crippen LogP contribution in [-0.2, 0) is 11.8 Å². The maximum Gasteiger partial charge on any atom is 0.236 e. The number of aryl methyl sites for hydroxylation is 1. The van der Waals surface area contributed by atoms with Gasteiger partial charge in [-0.2, -0.15) is 5.10 Å². The first-order chi connectivity index (χ1) is 6.50. The van der Waals surface area contributed by atoms with E-state index >= 15 is 0 Å². The number of nitrogens with two attached hydrogens (primary N) is 1. The maximum absolute atomic E-state index is 11.1. The lowest BCUT2D eigenvalue weighted by atomic mass is 10.5. The number of carbonyl (C=O) groups is 1. The zero-order valence-corrected chi connectivity index (χ0v) is 8.21. The molecule has 0 aliphatic heterocycles. The van der Waals surface area contributed by atoms with E-state index in [0.29, 0.717) is 5.82 Å². The topological polar surface area (TPSA) is 90.0 Å². The average Bonchev–Trinajstić information content (AvgIpc) is 2.09. The molecule has 0 spiro atoms. The molecule has 0 unspecified atom stereocenters. The highest BCUT2D eigenvalue weighted by molar-refractivity contribution is 6.29. The average molecular weight is 217 g/mol. The Balaban J connectivity index is 2.93. The standard InChI is InChI=1S/C7H9ClN4O2/c1-12-6(10-3-5(9)14)2-4(13)7(8)11-12/h2,10H,3H2,1H3,(H2,9,14). The fraction of sp³-hybridized carbons (Fsp3) is 0.286. The van der Waals surface area contributed by atoms with Crippen LogP contribution in [0.3, 0.4) is 0 Å². The Hall–Kier alpha value is -1.56. The zero-order chi connectivity index (χ0) is 10.7. The quantitative estimate of drug-likeness (QED) is 0.701. The van der Waals surface area contributed by atoms with Gasteiger partial charge >= 0.3 is 0 Å². The number of anilines is 1. The Labute approximate surface area is 84.7 Å². The molecule has 1 aromatic rings. The molecular weight excluding hydrogens is 208 g/mol. The van der Waals surface area contributed by atoms with Gasteiger partial charge in [-0.25, -0.2) is 0 Å². The van der Waals surface area contributed by atoms with Gasteiger partial charge in [0.2, 0.25) is 11.3 Å². The summed E-state index contributed by atoms with van der Waals surface area (Å²) in [5, 5.41) is 6.24. The van der Waals surface area contributed by atoms with Crippen molar-refractivity contribution in [1.29, 1.82) is 0 Å². The number of halogens is 1. The van der Waals surface area contributed by atoms with Crippen LogP contribution in [0.15, 0.2) is 10.9 Å². The lowest BCUT2D eigenvalue weighted by Gasteiger charge is -2.08. The van der Waals surface area contributed by atoms with Crippen molar-refractivity contribution >= 4 is 23.3 Å². The molecule has 0 saturated heterocycles. The van der Waals surface area contributed by atoms with Crippen molar-refractivity contribution < 1.29 is 4.79 Å². The summed E-state index contributed by atoms with van der Waals surface area (Å²) in [5.41, 5.74) is 4.52. The molecule has 1 amide bonds. The highest BCUT2D eigenvalue weighted by atomic mass is 35.5. The maximum atomic E-state index is 11.1. The Morgan fingerprint density at radius 1 is 1.79 bits per heavy atom. The molecule has 0 saturated carbocycles. The van der Waals surface area contributed by atoms with E-state index in [1.165, 1.54) is 10.7 Å². The van der Waals surface area contributed by atoms with Crippen LogP contribution in [-0.4, -0.2) is 22.2 Å². The van der Waals surface area contributed by atoms with E-state index in [-0.39, 0.29) is 11.7 Å². The SMILES string of the molecule is Cn1nc(Cl)c(=O)cc1NCC(N)=O. The van der Waals surface area contributed by atoms with Crippen molar-refractivity contribution in [2.24, 2.45) is 12.8 Å². The van der Waals surface area contributed by atoms with Crippen LogP contribution in [0.25, 0.3) is 0 Å². The minimum absolute atomic E-state index is 0.0589. The van der Waals surface area contributed by atoms with E-state index < -0.39 is 11.3 Å². The molecule has 1 rings (SSSR count). The van der Waals surface area contributed by atoms with Gasteiger partial charge in [0.25, 0.3) is 0 Å². The lowest BCUT2D eigenvalue weighted by molar-refractivity contribution is -0.116. The molecule has 0 fully saturated rings. The van der Waals surface area contributed by atoms with Crippen LogP contribution in [0.4, 0.5) is 5.82 Å². The largest absolute Gasteiger partial charge is 0.368 e. The van der Waals surface area contributed by atoms with Gasteiger partial charge in [-0.1, -0.05) is 11.6 Å². The summed E-state index contributed by atoms with van der Waals surface area (Å²) in [4.78, 5) is 21.5. The van der Waals surface area contributed by atoms with Crippen molar-refractivity contribution in [3.63, 3.8) is 0 Å². The number of nitrogens with zero attached hydrogens (tertiary/aromatic N) is 2. The monoisotopic (exact) mass is 216 g/mol. The van der Waals surface area contributed by atoms with E-state index in [1.807, 2.05) is 0 Å². The molecule has 14 heavy (non-hydrogen) atoms. The minimum atomic E-state index is -0.521. The van der Waals surface area contributed by atoms with Gasteiger partial charge < -0.3 is 11.1 Å². The summed E-state index contributed by atoms with van der Waals surface area (Å²) in [7, 11) is 1.59. The first kappa shape index (κ1) is 10.5. The fourth-order valence-corrected chi connectivity index (χ4v) is 1.02. The normalized spacial score (nSPS) is 9.86. The Morgan fingerprint density at radius 3 is 3.00 bits per heavy atom.